The molecular formula is C15H13Cl2N3O2. The number of amides is 3. The molecule has 7 heteroatoms. The van der Waals surface area contributed by atoms with Gasteiger partial charge in [-0.05, 0) is 36.4 Å². The summed E-state index contributed by atoms with van der Waals surface area (Å²) in [5, 5.41) is 8.74. The Kier molecular flexibility index (Phi) is 5.25. The van der Waals surface area contributed by atoms with Gasteiger partial charge in [0.05, 0.1) is 10.7 Å². The Bertz CT molecular complexity index is 720. The fourth-order valence-corrected chi connectivity index (χ4v) is 2.09. The predicted molar refractivity (Wildman–Crippen MR) is 89.8 cm³/mol. The number of benzene rings is 2. The van der Waals surface area contributed by atoms with Gasteiger partial charge in [-0.2, -0.15) is 0 Å². The van der Waals surface area contributed by atoms with Crippen LogP contribution in [0.25, 0.3) is 0 Å². The number of hydrogen-bond donors (Lipinski definition) is 3. The van der Waals surface area contributed by atoms with Crippen LogP contribution in [0.2, 0.25) is 10.0 Å². The quantitative estimate of drug-likeness (QED) is 0.766. The second-order valence-corrected chi connectivity index (χ2v) is 5.31. The number of carbonyl (C=O) groups is 2. The first-order valence-corrected chi connectivity index (χ1v) is 7.10. The first-order valence-electron chi connectivity index (χ1n) is 6.35. The molecule has 0 aliphatic heterocycles. The van der Waals surface area contributed by atoms with E-state index in [0.29, 0.717) is 27.1 Å². The van der Waals surface area contributed by atoms with Crippen molar-refractivity contribution < 1.29 is 9.59 Å². The highest BCUT2D eigenvalue weighted by Gasteiger charge is 2.07. The van der Waals surface area contributed by atoms with Crippen molar-refractivity contribution in [1.29, 1.82) is 0 Å². The van der Waals surface area contributed by atoms with Crippen molar-refractivity contribution in [3.05, 3.63) is 52.5 Å². The molecular weight excluding hydrogens is 325 g/mol. The third-order valence-electron chi connectivity index (χ3n) is 2.62. The summed E-state index contributed by atoms with van der Waals surface area (Å²) in [5.74, 6) is -0.188. The maximum absolute atomic E-state index is 12.0. The van der Waals surface area contributed by atoms with E-state index >= 15 is 0 Å². The van der Waals surface area contributed by atoms with E-state index in [0.717, 1.165) is 0 Å². The zero-order valence-corrected chi connectivity index (χ0v) is 13.1. The van der Waals surface area contributed by atoms with Gasteiger partial charge >= 0.3 is 6.03 Å². The lowest BCUT2D eigenvalue weighted by molar-refractivity contribution is -0.114. The molecule has 0 unspecified atom stereocenters. The molecule has 114 valence electrons. The van der Waals surface area contributed by atoms with Crippen molar-refractivity contribution >= 4 is 52.2 Å². The van der Waals surface area contributed by atoms with E-state index in [2.05, 4.69) is 16.0 Å². The molecule has 0 radical (unpaired) electrons. The minimum Gasteiger partial charge on any atom is -0.326 e. The lowest BCUT2D eigenvalue weighted by Gasteiger charge is -2.10. The number of rotatable bonds is 3. The van der Waals surface area contributed by atoms with Crippen molar-refractivity contribution in [3.8, 4) is 0 Å². The standard InChI is InChI=1S/C15H13Cl2N3O2/c1-9(21)18-11-3-2-4-12(8-11)19-15(22)20-14-7-10(16)5-6-13(14)17/h2-8H,1H3,(H,18,21)(H2,19,20,22). The molecule has 22 heavy (non-hydrogen) atoms. The molecule has 0 saturated heterocycles. The van der Waals surface area contributed by atoms with Gasteiger partial charge in [-0.15, -0.1) is 0 Å². The summed E-state index contributed by atoms with van der Waals surface area (Å²) in [5.41, 5.74) is 1.53. The molecule has 3 amide bonds. The summed E-state index contributed by atoms with van der Waals surface area (Å²) in [6, 6.07) is 11.1. The van der Waals surface area contributed by atoms with E-state index < -0.39 is 6.03 Å². The zero-order chi connectivity index (χ0) is 16.1. The van der Waals surface area contributed by atoms with E-state index in [9.17, 15) is 9.59 Å². The van der Waals surface area contributed by atoms with Crippen molar-refractivity contribution in [3.63, 3.8) is 0 Å². The van der Waals surface area contributed by atoms with Gasteiger partial charge in [0.2, 0.25) is 5.91 Å². The minimum absolute atomic E-state index is 0.188. The molecule has 0 bridgehead atoms. The van der Waals surface area contributed by atoms with Gasteiger partial charge in [0, 0.05) is 23.3 Å². The normalized spacial score (nSPS) is 9.95. The number of halogens is 2. The molecule has 0 aliphatic carbocycles. The van der Waals surface area contributed by atoms with Crippen LogP contribution in [0.1, 0.15) is 6.92 Å². The van der Waals surface area contributed by atoms with Crippen molar-refractivity contribution in [2.24, 2.45) is 0 Å². The van der Waals surface area contributed by atoms with E-state index in [-0.39, 0.29) is 5.91 Å². The van der Waals surface area contributed by atoms with Gasteiger partial charge in [-0.1, -0.05) is 29.3 Å². The Labute approximate surface area is 137 Å². The fraction of sp³-hybridized carbons (Fsp3) is 0.0667. The Hall–Kier alpha value is -2.24. The number of urea groups is 1. The maximum Gasteiger partial charge on any atom is 0.323 e. The fourth-order valence-electron chi connectivity index (χ4n) is 1.76. The summed E-state index contributed by atoms with van der Waals surface area (Å²) < 4.78 is 0. The largest absolute Gasteiger partial charge is 0.326 e. The molecule has 0 heterocycles. The third kappa shape index (κ3) is 4.65. The maximum atomic E-state index is 12.0. The molecule has 2 rings (SSSR count). The molecule has 2 aromatic carbocycles. The van der Waals surface area contributed by atoms with E-state index in [1.54, 1.807) is 42.5 Å². The van der Waals surface area contributed by atoms with Crippen LogP contribution in [0, 0.1) is 0 Å². The van der Waals surface area contributed by atoms with E-state index in [4.69, 9.17) is 23.2 Å². The Morgan fingerprint density at radius 1 is 0.909 bits per heavy atom. The predicted octanol–water partition coefficient (Wildman–Crippen LogP) is 4.60. The third-order valence-corrected chi connectivity index (χ3v) is 3.18. The van der Waals surface area contributed by atoms with Crippen LogP contribution >= 0.6 is 23.2 Å². The molecule has 2 aromatic rings. The van der Waals surface area contributed by atoms with Crippen molar-refractivity contribution in [1.82, 2.24) is 0 Å². The van der Waals surface area contributed by atoms with Crippen LogP contribution in [0.5, 0.6) is 0 Å². The van der Waals surface area contributed by atoms with Gasteiger partial charge in [-0.25, -0.2) is 4.79 Å². The van der Waals surface area contributed by atoms with Crippen LogP contribution in [-0.2, 0) is 4.79 Å². The average molecular weight is 338 g/mol. The summed E-state index contributed by atoms with van der Waals surface area (Å²) in [7, 11) is 0. The molecule has 0 fully saturated rings. The number of hydrogen-bond acceptors (Lipinski definition) is 2. The number of nitrogens with one attached hydrogen (secondary N) is 3. The molecule has 0 saturated carbocycles. The topological polar surface area (TPSA) is 70.2 Å². The number of anilines is 3. The smallest absolute Gasteiger partial charge is 0.323 e. The highest BCUT2D eigenvalue weighted by molar-refractivity contribution is 6.35. The molecule has 0 atom stereocenters. The lowest BCUT2D eigenvalue weighted by Crippen LogP contribution is -2.19. The van der Waals surface area contributed by atoms with Crippen LogP contribution < -0.4 is 16.0 Å². The first-order chi connectivity index (χ1) is 10.4. The van der Waals surface area contributed by atoms with Gasteiger partial charge in [0.25, 0.3) is 0 Å². The monoisotopic (exact) mass is 337 g/mol. The van der Waals surface area contributed by atoms with Crippen LogP contribution in [0.15, 0.2) is 42.5 Å². The highest BCUT2D eigenvalue weighted by Crippen LogP contribution is 2.25. The van der Waals surface area contributed by atoms with Crippen molar-refractivity contribution in [2.75, 3.05) is 16.0 Å². The van der Waals surface area contributed by atoms with Gasteiger partial charge in [-0.3, -0.25) is 4.79 Å². The first kappa shape index (κ1) is 16.1. The summed E-state index contributed by atoms with van der Waals surface area (Å²) >= 11 is 11.8. The molecule has 5 nitrogen and oxygen atoms in total. The van der Waals surface area contributed by atoms with Crippen molar-refractivity contribution in [2.45, 2.75) is 6.92 Å². The Morgan fingerprint density at radius 2 is 1.59 bits per heavy atom. The van der Waals surface area contributed by atoms with Gasteiger partial charge in [0.1, 0.15) is 0 Å². The zero-order valence-electron chi connectivity index (χ0n) is 11.6. The number of carbonyl (C=O) groups excluding carboxylic acids is 2. The molecule has 0 aromatic heterocycles. The van der Waals surface area contributed by atoms with Crippen LogP contribution in [-0.4, -0.2) is 11.9 Å². The van der Waals surface area contributed by atoms with Gasteiger partial charge < -0.3 is 16.0 Å². The molecule has 0 aliphatic rings. The van der Waals surface area contributed by atoms with E-state index in [1.165, 1.54) is 6.92 Å². The van der Waals surface area contributed by atoms with Gasteiger partial charge in [0.15, 0.2) is 0 Å². The Morgan fingerprint density at radius 3 is 2.27 bits per heavy atom. The second kappa shape index (κ2) is 7.15. The van der Waals surface area contributed by atoms with Crippen LogP contribution in [0.4, 0.5) is 21.9 Å². The highest BCUT2D eigenvalue weighted by atomic mass is 35.5. The summed E-state index contributed by atoms with van der Waals surface area (Å²) in [4.78, 5) is 23.0. The average Bonchev–Trinajstić information content (AvgIpc) is 2.42. The second-order valence-electron chi connectivity index (χ2n) is 4.47. The van der Waals surface area contributed by atoms with Crippen LogP contribution in [0.3, 0.4) is 0 Å². The summed E-state index contributed by atoms with van der Waals surface area (Å²) in [6.07, 6.45) is 0. The minimum atomic E-state index is -0.468. The molecule has 0 spiro atoms. The SMILES string of the molecule is CC(=O)Nc1cccc(NC(=O)Nc2cc(Cl)ccc2Cl)c1. The molecule has 3 N–H and O–H groups in total. The summed E-state index contributed by atoms with van der Waals surface area (Å²) in [6.45, 7) is 1.41. The van der Waals surface area contributed by atoms with E-state index in [1.807, 2.05) is 0 Å². The lowest BCUT2D eigenvalue weighted by atomic mass is 10.2. The Balaban J connectivity index is 2.05.